The minimum Gasteiger partial charge on any atom is -0.341 e. The van der Waals surface area contributed by atoms with Gasteiger partial charge in [-0.1, -0.05) is 6.07 Å². The first-order valence-corrected chi connectivity index (χ1v) is 9.14. The van der Waals surface area contributed by atoms with Crippen LogP contribution in [0.2, 0.25) is 0 Å². The lowest BCUT2D eigenvalue weighted by Gasteiger charge is -2.29. The van der Waals surface area contributed by atoms with Gasteiger partial charge in [0.05, 0.1) is 16.9 Å². The molecule has 126 valence electrons. The Morgan fingerprint density at radius 2 is 1.96 bits per heavy atom. The number of nitro benzene ring substituents is 1. The number of sulfonamides is 1. The lowest BCUT2D eigenvalue weighted by atomic mass is 10.1. The summed E-state index contributed by atoms with van der Waals surface area (Å²) < 4.78 is 24.9. The Balaban J connectivity index is 2.25. The Kier molecular flexibility index (Phi) is 5.19. The number of benzene rings is 1. The SMILES string of the molecule is CS(=O)(=O)N(CC(=O)N1CCCCC1)c1cccc([N+](=O)[O-])c1. The summed E-state index contributed by atoms with van der Waals surface area (Å²) in [6, 6.07) is 5.27. The van der Waals surface area contributed by atoms with Gasteiger partial charge in [-0.15, -0.1) is 0 Å². The molecule has 1 saturated heterocycles. The first-order valence-electron chi connectivity index (χ1n) is 7.29. The average molecular weight is 341 g/mol. The van der Waals surface area contributed by atoms with Crippen molar-refractivity contribution < 1.29 is 18.1 Å². The summed E-state index contributed by atoms with van der Waals surface area (Å²) in [5.41, 5.74) is -0.103. The molecule has 1 fully saturated rings. The lowest BCUT2D eigenvalue weighted by molar-refractivity contribution is -0.384. The third-order valence-electron chi connectivity index (χ3n) is 3.72. The van der Waals surface area contributed by atoms with Crippen LogP contribution in [0.4, 0.5) is 11.4 Å². The fraction of sp³-hybridized carbons (Fsp3) is 0.500. The molecular weight excluding hydrogens is 322 g/mol. The molecule has 0 unspecified atom stereocenters. The van der Waals surface area contributed by atoms with E-state index in [0.29, 0.717) is 13.1 Å². The molecule has 0 aliphatic carbocycles. The zero-order chi connectivity index (χ0) is 17.0. The highest BCUT2D eigenvalue weighted by Gasteiger charge is 2.25. The number of nitrogens with zero attached hydrogens (tertiary/aromatic N) is 3. The van der Waals surface area contributed by atoms with E-state index in [1.807, 2.05) is 0 Å². The summed E-state index contributed by atoms with van der Waals surface area (Å²) >= 11 is 0. The largest absolute Gasteiger partial charge is 0.341 e. The van der Waals surface area contributed by atoms with E-state index in [2.05, 4.69) is 0 Å². The number of nitro groups is 1. The molecular formula is C14H19N3O5S. The standard InChI is InChI=1S/C14H19N3O5S/c1-23(21,22)16(11-14(18)15-8-3-2-4-9-15)12-6-5-7-13(10-12)17(19)20/h5-7,10H,2-4,8-9,11H2,1H3. The Hall–Kier alpha value is -2.16. The van der Waals surface area contributed by atoms with Crippen molar-refractivity contribution in [1.82, 2.24) is 4.90 Å². The molecule has 1 aromatic carbocycles. The number of hydrogen-bond donors (Lipinski definition) is 0. The van der Waals surface area contributed by atoms with E-state index in [4.69, 9.17) is 0 Å². The lowest BCUT2D eigenvalue weighted by Crippen LogP contribution is -2.44. The molecule has 1 aliphatic heterocycles. The molecule has 0 aromatic heterocycles. The summed E-state index contributed by atoms with van der Waals surface area (Å²) in [7, 11) is -3.73. The van der Waals surface area contributed by atoms with Gasteiger partial charge in [-0.3, -0.25) is 19.2 Å². The number of carbonyl (C=O) groups excluding carboxylic acids is 1. The fourth-order valence-corrected chi connectivity index (χ4v) is 3.37. The Morgan fingerprint density at radius 3 is 2.52 bits per heavy atom. The second-order valence-electron chi connectivity index (χ2n) is 5.49. The summed E-state index contributed by atoms with van der Waals surface area (Å²) in [6.45, 7) is 0.886. The van der Waals surface area contributed by atoms with E-state index in [0.717, 1.165) is 35.9 Å². The minimum absolute atomic E-state index is 0.118. The van der Waals surface area contributed by atoms with Gasteiger partial charge >= 0.3 is 0 Å². The number of non-ortho nitro benzene ring substituents is 1. The molecule has 2 rings (SSSR count). The average Bonchev–Trinajstić information content (AvgIpc) is 2.52. The zero-order valence-electron chi connectivity index (χ0n) is 12.8. The maximum absolute atomic E-state index is 12.3. The fourth-order valence-electron chi connectivity index (χ4n) is 2.53. The number of rotatable bonds is 5. The number of carbonyl (C=O) groups is 1. The highest BCUT2D eigenvalue weighted by molar-refractivity contribution is 7.92. The van der Waals surface area contributed by atoms with Crippen LogP contribution in [0.15, 0.2) is 24.3 Å². The van der Waals surface area contributed by atoms with E-state index in [-0.39, 0.29) is 23.8 Å². The van der Waals surface area contributed by atoms with Crippen LogP contribution >= 0.6 is 0 Å². The van der Waals surface area contributed by atoms with Gasteiger partial charge in [0.1, 0.15) is 6.54 Å². The number of hydrogen-bond acceptors (Lipinski definition) is 5. The van der Waals surface area contributed by atoms with Crippen molar-refractivity contribution in [2.24, 2.45) is 0 Å². The van der Waals surface area contributed by atoms with Gasteiger partial charge in [-0.25, -0.2) is 8.42 Å². The monoisotopic (exact) mass is 341 g/mol. The second kappa shape index (κ2) is 6.95. The molecule has 0 atom stereocenters. The maximum atomic E-state index is 12.3. The predicted octanol–water partition coefficient (Wildman–Crippen LogP) is 1.37. The van der Waals surface area contributed by atoms with Crippen LogP contribution in [-0.2, 0) is 14.8 Å². The second-order valence-corrected chi connectivity index (χ2v) is 7.39. The van der Waals surface area contributed by atoms with Crippen molar-refractivity contribution in [3.05, 3.63) is 34.4 Å². The summed E-state index contributed by atoms with van der Waals surface area (Å²) in [6.07, 6.45) is 3.85. The molecule has 23 heavy (non-hydrogen) atoms. The Bertz CT molecular complexity index is 698. The summed E-state index contributed by atoms with van der Waals surface area (Å²) in [5, 5.41) is 10.9. The topological polar surface area (TPSA) is 101 Å². The smallest absolute Gasteiger partial charge is 0.271 e. The number of amides is 1. The van der Waals surface area contributed by atoms with Crippen molar-refractivity contribution in [2.45, 2.75) is 19.3 Å². The van der Waals surface area contributed by atoms with Crippen LogP contribution in [0, 0.1) is 10.1 Å². The molecule has 0 spiro atoms. The van der Waals surface area contributed by atoms with Gasteiger partial charge in [-0.05, 0) is 25.3 Å². The van der Waals surface area contributed by atoms with E-state index in [1.165, 1.54) is 18.2 Å². The predicted molar refractivity (Wildman–Crippen MR) is 85.7 cm³/mol. The van der Waals surface area contributed by atoms with Crippen molar-refractivity contribution >= 4 is 27.3 Å². The first kappa shape index (κ1) is 17.2. The van der Waals surface area contributed by atoms with Crippen LogP contribution in [0.25, 0.3) is 0 Å². The molecule has 0 saturated carbocycles. The third kappa shape index (κ3) is 4.41. The van der Waals surface area contributed by atoms with Crippen molar-refractivity contribution in [3.63, 3.8) is 0 Å². The van der Waals surface area contributed by atoms with E-state index in [9.17, 15) is 23.3 Å². The molecule has 1 aliphatic rings. The molecule has 9 heteroatoms. The van der Waals surface area contributed by atoms with Gasteiger partial charge in [0.2, 0.25) is 15.9 Å². The van der Waals surface area contributed by atoms with Crippen LogP contribution in [0.5, 0.6) is 0 Å². The minimum atomic E-state index is -3.73. The van der Waals surface area contributed by atoms with E-state index < -0.39 is 14.9 Å². The normalized spacial score (nSPS) is 15.3. The van der Waals surface area contributed by atoms with Crippen LogP contribution in [0.3, 0.4) is 0 Å². The van der Waals surface area contributed by atoms with Crippen molar-refractivity contribution in [1.29, 1.82) is 0 Å². The highest BCUT2D eigenvalue weighted by Crippen LogP contribution is 2.23. The highest BCUT2D eigenvalue weighted by atomic mass is 32.2. The third-order valence-corrected chi connectivity index (χ3v) is 4.86. The van der Waals surface area contributed by atoms with E-state index in [1.54, 1.807) is 4.90 Å². The summed E-state index contributed by atoms with van der Waals surface area (Å²) in [5.74, 6) is -0.290. The Morgan fingerprint density at radius 1 is 1.30 bits per heavy atom. The number of piperidine rings is 1. The molecule has 0 bridgehead atoms. The number of likely N-dealkylation sites (tertiary alicyclic amines) is 1. The maximum Gasteiger partial charge on any atom is 0.271 e. The van der Waals surface area contributed by atoms with E-state index >= 15 is 0 Å². The molecule has 1 heterocycles. The summed E-state index contributed by atoms with van der Waals surface area (Å²) in [4.78, 5) is 24.2. The number of anilines is 1. The van der Waals surface area contributed by atoms with Gasteiger partial charge in [0.15, 0.2) is 0 Å². The molecule has 8 nitrogen and oxygen atoms in total. The van der Waals surface area contributed by atoms with Crippen LogP contribution < -0.4 is 4.31 Å². The molecule has 0 radical (unpaired) electrons. The van der Waals surface area contributed by atoms with Gasteiger partial charge in [-0.2, -0.15) is 0 Å². The van der Waals surface area contributed by atoms with Gasteiger partial charge in [0, 0.05) is 25.2 Å². The molecule has 1 aromatic rings. The van der Waals surface area contributed by atoms with Gasteiger partial charge < -0.3 is 4.90 Å². The zero-order valence-corrected chi connectivity index (χ0v) is 13.7. The first-order chi connectivity index (χ1) is 10.8. The van der Waals surface area contributed by atoms with Crippen molar-refractivity contribution in [3.8, 4) is 0 Å². The van der Waals surface area contributed by atoms with Gasteiger partial charge in [0.25, 0.3) is 5.69 Å². The van der Waals surface area contributed by atoms with Crippen LogP contribution in [0.1, 0.15) is 19.3 Å². The Labute approximate surface area is 134 Å². The molecule has 0 N–H and O–H groups in total. The molecule has 1 amide bonds. The quantitative estimate of drug-likeness (QED) is 0.595. The van der Waals surface area contributed by atoms with Crippen molar-refractivity contribution in [2.75, 3.05) is 30.2 Å². The van der Waals surface area contributed by atoms with Crippen LogP contribution in [-0.4, -0.2) is 50.0 Å².